The number of amides is 1. The van der Waals surface area contributed by atoms with Gasteiger partial charge in [-0.15, -0.1) is 12.4 Å². The maximum Gasteiger partial charge on any atom is 0.241 e. The van der Waals surface area contributed by atoms with Gasteiger partial charge < -0.3 is 11.1 Å². The van der Waals surface area contributed by atoms with Gasteiger partial charge in [-0.3, -0.25) is 4.79 Å². The predicted molar refractivity (Wildman–Crippen MR) is 87.3 cm³/mol. The summed E-state index contributed by atoms with van der Waals surface area (Å²) in [5.41, 5.74) is 10.4. The van der Waals surface area contributed by atoms with E-state index < -0.39 is 6.04 Å². The topological polar surface area (TPSA) is 72.9 Å². The molecule has 2 rings (SSSR count). The van der Waals surface area contributed by atoms with E-state index in [2.05, 4.69) is 28.6 Å². The lowest BCUT2D eigenvalue weighted by Gasteiger charge is -2.11. The summed E-state index contributed by atoms with van der Waals surface area (Å²) in [5.74, 6) is -0.214. The number of aryl methyl sites for hydroxylation is 2. The summed E-state index contributed by atoms with van der Waals surface area (Å²) in [5, 5.41) is 7.15. The molecule has 0 aliphatic heterocycles. The van der Waals surface area contributed by atoms with Crippen LogP contribution in [0.15, 0.2) is 24.4 Å². The molecule has 3 N–H and O–H groups in total. The van der Waals surface area contributed by atoms with Gasteiger partial charge in [0, 0.05) is 0 Å². The minimum atomic E-state index is -0.543. The molecule has 0 bridgehead atoms. The van der Waals surface area contributed by atoms with E-state index in [1.54, 1.807) is 13.1 Å². The number of benzene rings is 1. The molecule has 1 aromatic carbocycles. The van der Waals surface area contributed by atoms with Crippen molar-refractivity contribution in [3.8, 4) is 5.69 Å². The van der Waals surface area contributed by atoms with E-state index in [0.29, 0.717) is 5.69 Å². The Morgan fingerprint density at radius 1 is 1.33 bits per heavy atom. The van der Waals surface area contributed by atoms with Crippen molar-refractivity contribution in [2.75, 3.05) is 5.32 Å². The van der Waals surface area contributed by atoms with Crippen LogP contribution in [0.4, 0.5) is 5.69 Å². The Bertz CT molecular complexity index is 649. The Kier molecular flexibility index (Phi) is 5.52. The maximum atomic E-state index is 11.7. The summed E-state index contributed by atoms with van der Waals surface area (Å²) < 4.78 is 1.83. The Hall–Kier alpha value is -1.85. The number of aromatic nitrogens is 2. The van der Waals surface area contributed by atoms with Crippen molar-refractivity contribution in [2.45, 2.75) is 33.7 Å². The van der Waals surface area contributed by atoms with Crippen molar-refractivity contribution in [3.63, 3.8) is 0 Å². The van der Waals surface area contributed by atoms with E-state index in [0.717, 1.165) is 16.9 Å². The van der Waals surface area contributed by atoms with Crippen LogP contribution in [0.1, 0.15) is 23.7 Å². The maximum absolute atomic E-state index is 11.7. The van der Waals surface area contributed by atoms with Gasteiger partial charge in [-0.25, -0.2) is 4.68 Å². The molecule has 0 spiro atoms. The third-order valence-corrected chi connectivity index (χ3v) is 3.27. The third-order valence-electron chi connectivity index (χ3n) is 3.27. The summed E-state index contributed by atoms with van der Waals surface area (Å²) in [6.45, 7) is 7.65. The number of carbonyl (C=O) groups excluding carboxylic acids is 1. The number of nitrogens with one attached hydrogen (secondary N) is 1. The number of halogens is 1. The second-order valence-electron chi connectivity index (χ2n) is 5.12. The lowest BCUT2D eigenvalue weighted by atomic mass is 10.1. The number of hydrogen-bond donors (Lipinski definition) is 2. The van der Waals surface area contributed by atoms with Gasteiger partial charge in [0.15, 0.2) is 0 Å². The standard InChI is InChI=1S/C15H20N4O.ClH/c1-9-5-6-10(2)14(7-9)19-12(4)13(8-17-19)18-15(20)11(3)16;/h5-8,11H,16H2,1-4H3,(H,18,20);1H/t11-;/m1./s1. The van der Waals surface area contributed by atoms with Gasteiger partial charge in [-0.05, 0) is 44.9 Å². The van der Waals surface area contributed by atoms with Crippen molar-refractivity contribution in [2.24, 2.45) is 5.73 Å². The molecule has 1 heterocycles. The highest BCUT2D eigenvalue weighted by molar-refractivity contribution is 5.94. The van der Waals surface area contributed by atoms with Crippen LogP contribution in [0, 0.1) is 20.8 Å². The van der Waals surface area contributed by atoms with Gasteiger partial charge in [-0.2, -0.15) is 5.10 Å². The number of anilines is 1. The highest BCUT2D eigenvalue weighted by Gasteiger charge is 2.14. The molecule has 0 fully saturated rings. The fourth-order valence-electron chi connectivity index (χ4n) is 1.97. The number of hydrogen-bond acceptors (Lipinski definition) is 3. The minimum absolute atomic E-state index is 0. The summed E-state index contributed by atoms with van der Waals surface area (Å²) in [6.07, 6.45) is 1.65. The summed E-state index contributed by atoms with van der Waals surface area (Å²) in [4.78, 5) is 11.7. The molecule has 1 atom stereocenters. The van der Waals surface area contributed by atoms with Crippen LogP contribution in [0.5, 0.6) is 0 Å². The highest BCUT2D eigenvalue weighted by Crippen LogP contribution is 2.21. The lowest BCUT2D eigenvalue weighted by Crippen LogP contribution is -2.32. The molecule has 1 amide bonds. The molecule has 0 unspecified atom stereocenters. The number of nitrogens with zero attached hydrogens (tertiary/aromatic N) is 2. The van der Waals surface area contributed by atoms with E-state index >= 15 is 0 Å². The average Bonchev–Trinajstić information content (AvgIpc) is 2.74. The molecule has 0 saturated carbocycles. The molecule has 6 heteroatoms. The molecule has 2 aromatic rings. The van der Waals surface area contributed by atoms with E-state index in [4.69, 9.17) is 5.73 Å². The Labute approximate surface area is 130 Å². The first-order valence-electron chi connectivity index (χ1n) is 6.59. The van der Waals surface area contributed by atoms with E-state index in [-0.39, 0.29) is 18.3 Å². The fraction of sp³-hybridized carbons (Fsp3) is 0.333. The first-order valence-corrected chi connectivity index (χ1v) is 6.59. The molecular weight excluding hydrogens is 288 g/mol. The monoisotopic (exact) mass is 308 g/mol. The van der Waals surface area contributed by atoms with E-state index in [1.807, 2.05) is 25.5 Å². The SMILES string of the molecule is Cc1ccc(C)c(-n2ncc(NC(=O)[C@@H](C)N)c2C)c1.Cl. The third kappa shape index (κ3) is 3.62. The zero-order chi connectivity index (χ0) is 14.9. The van der Waals surface area contributed by atoms with Gasteiger partial charge in [0.05, 0.1) is 29.3 Å². The van der Waals surface area contributed by atoms with E-state index in [9.17, 15) is 4.79 Å². The number of carbonyl (C=O) groups is 1. The molecule has 0 aliphatic carbocycles. The summed E-state index contributed by atoms with van der Waals surface area (Å²) in [7, 11) is 0. The lowest BCUT2D eigenvalue weighted by molar-refractivity contribution is -0.117. The smallest absolute Gasteiger partial charge is 0.241 e. The van der Waals surface area contributed by atoms with Crippen LogP contribution in [0.3, 0.4) is 0 Å². The van der Waals surface area contributed by atoms with Crippen LogP contribution in [0.25, 0.3) is 5.69 Å². The van der Waals surface area contributed by atoms with Gasteiger partial charge in [0.25, 0.3) is 0 Å². The van der Waals surface area contributed by atoms with Crippen LogP contribution < -0.4 is 11.1 Å². The van der Waals surface area contributed by atoms with Gasteiger partial charge in [-0.1, -0.05) is 12.1 Å². The van der Waals surface area contributed by atoms with Crippen LogP contribution >= 0.6 is 12.4 Å². The molecular formula is C15H21ClN4O. The zero-order valence-corrected chi connectivity index (χ0v) is 13.5. The molecule has 114 valence electrons. The van der Waals surface area contributed by atoms with E-state index in [1.165, 1.54) is 5.56 Å². The second-order valence-corrected chi connectivity index (χ2v) is 5.12. The van der Waals surface area contributed by atoms with Gasteiger partial charge >= 0.3 is 0 Å². The van der Waals surface area contributed by atoms with Crippen molar-refractivity contribution >= 4 is 24.0 Å². The molecule has 1 aromatic heterocycles. The van der Waals surface area contributed by atoms with Crippen molar-refractivity contribution < 1.29 is 4.79 Å². The largest absolute Gasteiger partial charge is 0.322 e. The summed E-state index contributed by atoms with van der Waals surface area (Å²) in [6, 6.07) is 5.66. The van der Waals surface area contributed by atoms with Crippen LogP contribution in [0.2, 0.25) is 0 Å². The molecule has 0 saturated heterocycles. The normalized spacial score (nSPS) is 11.7. The quantitative estimate of drug-likeness (QED) is 0.915. The first-order chi connectivity index (χ1) is 9.40. The minimum Gasteiger partial charge on any atom is -0.322 e. The number of nitrogens with two attached hydrogens (primary N) is 1. The molecule has 21 heavy (non-hydrogen) atoms. The average molecular weight is 309 g/mol. The van der Waals surface area contributed by atoms with Crippen LogP contribution in [-0.2, 0) is 4.79 Å². The van der Waals surface area contributed by atoms with Gasteiger partial charge in [0.1, 0.15) is 0 Å². The van der Waals surface area contributed by atoms with Crippen molar-refractivity contribution in [1.82, 2.24) is 9.78 Å². The first kappa shape index (κ1) is 17.2. The Balaban J connectivity index is 0.00000220. The molecule has 5 nitrogen and oxygen atoms in total. The molecule has 0 aliphatic rings. The van der Waals surface area contributed by atoms with Crippen molar-refractivity contribution in [3.05, 3.63) is 41.2 Å². The predicted octanol–water partition coefficient (Wildman–Crippen LogP) is 2.51. The highest BCUT2D eigenvalue weighted by atomic mass is 35.5. The Morgan fingerprint density at radius 2 is 2.00 bits per heavy atom. The van der Waals surface area contributed by atoms with Crippen LogP contribution in [-0.4, -0.2) is 21.7 Å². The zero-order valence-electron chi connectivity index (χ0n) is 12.7. The number of rotatable bonds is 3. The second kappa shape index (κ2) is 6.74. The van der Waals surface area contributed by atoms with Gasteiger partial charge in [0.2, 0.25) is 5.91 Å². The van der Waals surface area contributed by atoms with Crippen molar-refractivity contribution in [1.29, 1.82) is 0 Å². The molecule has 0 radical (unpaired) electrons. The summed E-state index contributed by atoms with van der Waals surface area (Å²) >= 11 is 0. The Morgan fingerprint density at radius 3 is 2.62 bits per heavy atom. The fourth-order valence-corrected chi connectivity index (χ4v) is 1.97.